The summed E-state index contributed by atoms with van der Waals surface area (Å²) in [6.07, 6.45) is 0.738. The zero-order valence-corrected chi connectivity index (χ0v) is 13.6. The number of sulfonamides is 1. The molecule has 0 bridgehead atoms. The van der Waals surface area contributed by atoms with Gasteiger partial charge in [0.1, 0.15) is 10.0 Å². The fraction of sp³-hybridized carbons (Fsp3) is 0.231. The summed E-state index contributed by atoms with van der Waals surface area (Å²) in [7, 11) is -1.98. The van der Waals surface area contributed by atoms with Crippen LogP contribution in [0.25, 0.3) is 0 Å². The summed E-state index contributed by atoms with van der Waals surface area (Å²) in [6, 6.07) is 6.98. The molecule has 0 aliphatic rings. The molecule has 4 nitrogen and oxygen atoms in total. The zero-order chi connectivity index (χ0) is 15.5. The third-order valence-electron chi connectivity index (χ3n) is 2.70. The van der Waals surface area contributed by atoms with Crippen LogP contribution in [-0.4, -0.2) is 22.0 Å². The van der Waals surface area contributed by atoms with Gasteiger partial charge >= 0.3 is 0 Å². The van der Waals surface area contributed by atoms with Crippen LogP contribution in [0.3, 0.4) is 0 Å². The van der Waals surface area contributed by atoms with E-state index in [1.807, 2.05) is 7.05 Å². The van der Waals surface area contributed by atoms with E-state index in [9.17, 15) is 12.8 Å². The van der Waals surface area contributed by atoms with Crippen molar-refractivity contribution >= 4 is 38.6 Å². The first kappa shape index (κ1) is 16.2. The van der Waals surface area contributed by atoms with E-state index in [1.165, 1.54) is 18.2 Å². The minimum Gasteiger partial charge on any atom is -0.319 e. The van der Waals surface area contributed by atoms with Gasteiger partial charge in [-0.1, -0.05) is 11.6 Å². The van der Waals surface area contributed by atoms with Gasteiger partial charge in [-0.25, -0.2) is 12.8 Å². The highest BCUT2D eigenvalue weighted by atomic mass is 35.5. The number of hydrogen-bond donors (Lipinski definition) is 2. The highest BCUT2D eigenvalue weighted by Gasteiger charge is 2.18. The van der Waals surface area contributed by atoms with E-state index in [0.29, 0.717) is 0 Å². The summed E-state index contributed by atoms with van der Waals surface area (Å²) in [4.78, 5) is 0.941. The van der Waals surface area contributed by atoms with Gasteiger partial charge in [0.05, 0.1) is 5.69 Å². The van der Waals surface area contributed by atoms with Crippen molar-refractivity contribution < 1.29 is 12.8 Å². The van der Waals surface area contributed by atoms with Crippen LogP contribution in [0.5, 0.6) is 0 Å². The summed E-state index contributed by atoms with van der Waals surface area (Å²) >= 11 is 6.91. The van der Waals surface area contributed by atoms with Gasteiger partial charge in [0, 0.05) is 9.90 Å². The first-order chi connectivity index (χ1) is 9.92. The second-order valence-corrected chi connectivity index (χ2v) is 7.82. The molecule has 0 radical (unpaired) electrons. The van der Waals surface area contributed by atoms with Crippen LogP contribution < -0.4 is 10.0 Å². The predicted octanol–water partition coefficient (Wildman–Crippen LogP) is 3.10. The fourth-order valence-corrected chi connectivity index (χ4v) is 4.24. The minimum absolute atomic E-state index is 0.146. The van der Waals surface area contributed by atoms with Crippen LogP contribution in [0.2, 0.25) is 5.02 Å². The number of anilines is 1. The third kappa shape index (κ3) is 4.16. The van der Waals surface area contributed by atoms with Crippen molar-refractivity contribution in [2.45, 2.75) is 10.6 Å². The van der Waals surface area contributed by atoms with Crippen LogP contribution in [-0.2, 0) is 16.4 Å². The summed E-state index contributed by atoms with van der Waals surface area (Å²) in [5.41, 5.74) is -0.160. The average Bonchev–Trinajstić information content (AvgIpc) is 2.90. The summed E-state index contributed by atoms with van der Waals surface area (Å²) < 4.78 is 40.4. The largest absolute Gasteiger partial charge is 0.319 e. The van der Waals surface area contributed by atoms with E-state index < -0.39 is 15.8 Å². The molecule has 1 aromatic carbocycles. The number of hydrogen-bond acceptors (Lipinski definition) is 4. The molecule has 0 atom stereocenters. The van der Waals surface area contributed by atoms with Crippen molar-refractivity contribution in [3.63, 3.8) is 0 Å². The Hall–Kier alpha value is -1.15. The van der Waals surface area contributed by atoms with Gasteiger partial charge in [0.2, 0.25) is 0 Å². The van der Waals surface area contributed by atoms with Crippen LogP contribution in [0.1, 0.15) is 4.88 Å². The van der Waals surface area contributed by atoms with Crippen molar-refractivity contribution in [2.24, 2.45) is 0 Å². The molecule has 2 N–H and O–H groups in total. The average molecular weight is 349 g/mol. The molecule has 1 heterocycles. The molecular weight excluding hydrogens is 335 g/mol. The lowest BCUT2D eigenvalue weighted by molar-refractivity contribution is 0.600. The van der Waals surface area contributed by atoms with Crippen molar-refractivity contribution in [1.29, 1.82) is 0 Å². The maximum Gasteiger partial charge on any atom is 0.271 e. The summed E-state index contributed by atoms with van der Waals surface area (Å²) in [6.45, 7) is 0.760. The van der Waals surface area contributed by atoms with Gasteiger partial charge in [-0.15, -0.1) is 11.3 Å². The van der Waals surface area contributed by atoms with E-state index in [1.54, 1.807) is 6.07 Å². The molecule has 0 amide bonds. The SMILES string of the molecule is CNCCc1ccc(S(=O)(=O)Nc2cc(Cl)ccc2F)s1. The van der Waals surface area contributed by atoms with E-state index in [4.69, 9.17) is 11.6 Å². The van der Waals surface area contributed by atoms with Crippen molar-refractivity contribution in [2.75, 3.05) is 18.3 Å². The first-order valence-electron chi connectivity index (χ1n) is 6.13. The van der Waals surface area contributed by atoms with E-state index in [2.05, 4.69) is 10.0 Å². The Morgan fingerprint density at radius 3 is 2.76 bits per heavy atom. The van der Waals surface area contributed by atoms with Crippen LogP contribution in [0.4, 0.5) is 10.1 Å². The Labute approximate surface area is 132 Å². The Morgan fingerprint density at radius 2 is 2.05 bits per heavy atom. The van der Waals surface area contributed by atoms with Crippen LogP contribution in [0.15, 0.2) is 34.5 Å². The monoisotopic (exact) mass is 348 g/mol. The van der Waals surface area contributed by atoms with Gasteiger partial charge in [0.15, 0.2) is 0 Å². The van der Waals surface area contributed by atoms with Crippen LogP contribution >= 0.6 is 22.9 Å². The molecule has 2 aromatic rings. The normalized spacial score (nSPS) is 11.6. The molecule has 0 spiro atoms. The fourth-order valence-electron chi connectivity index (χ4n) is 1.66. The van der Waals surface area contributed by atoms with Crippen molar-refractivity contribution in [3.8, 4) is 0 Å². The van der Waals surface area contributed by atoms with Crippen molar-refractivity contribution in [1.82, 2.24) is 5.32 Å². The molecule has 0 aliphatic carbocycles. The van der Waals surface area contributed by atoms with E-state index in [0.717, 1.165) is 35.2 Å². The molecule has 0 saturated heterocycles. The molecule has 2 rings (SSSR count). The summed E-state index contributed by atoms with van der Waals surface area (Å²) in [5.74, 6) is -0.671. The molecule has 114 valence electrons. The van der Waals surface area contributed by atoms with Gasteiger partial charge in [0.25, 0.3) is 10.0 Å². The van der Waals surface area contributed by atoms with E-state index in [-0.39, 0.29) is 14.9 Å². The molecule has 0 unspecified atom stereocenters. The number of benzene rings is 1. The molecular formula is C13H14ClFN2O2S2. The Bertz CT molecular complexity index is 732. The van der Waals surface area contributed by atoms with Crippen LogP contribution in [0, 0.1) is 5.82 Å². The molecule has 21 heavy (non-hydrogen) atoms. The number of likely N-dealkylation sites (N-methyl/N-ethyl adjacent to an activating group) is 1. The Balaban J connectivity index is 2.22. The second-order valence-electron chi connectivity index (χ2n) is 4.30. The molecule has 1 aromatic heterocycles. The number of rotatable bonds is 6. The lowest BCUT2D eigenvalue weighted by Crippen LogP contribution is -2.12. The Morgan fingerprint density at radius 1 is 1.29 bits per heavy atom. The lowest BCUT2D eigenvalue weighted by atomic mass is 10.3. The van der Waals surface area contributed by atoms with Gasteiger partial charge in [-0.05, 0) is 50.3 Å². The quantitative estimate of drug-likeness (QED) is 0.843. The number of nitrogens with one attached hydrogen (secondary N) is 2. The standard InChI is InChI=1S/C13H14ClFN2O2S2/c1-16-7-6-10-3-5-13(20-10)21(18,19)17-12-8-9(14)2-4-11(12)15/h2-5,8,16-17H,6-7H2,1H3. The maximum absolute atomic E-state index is 13.6. The van der Waals surface area contributed by atoms with E-state index >= 15 is 0 Å². The summed E-state index contributed by atoms with van der Waals surface area (Å²) in [5, 5.41) is 3.25. The van der Waals surface area contributed by atoms with Gasteiger partial charge < -0.3 is 5.32 Å². The lowest BCUT2D eigenvalue weighted by Gasteiger charge is -2.07. The molecule has 0 saturated carbocycles. The third-order valence-corrected chi connectivity index (χ3v) is 5.93. The predicted molar refractivity (Wildman–Crippen MR) is 84.2 cm³/mol. The number of thiophene rings is 1. The molecule has 8 heteroatoms. The Kier molecular flexibility index (Phi) is 5.21. The highest BCUT2D eigenvalue weighted by molar-refractivity contribution is 7.94. The minimum atomic E-state index is -3.81. The molecule has 0 fully saturated rings. The van der Waals surface area contributed by atoms with Crippen molar-refractivity contribution in [3.05, 3.63) is 46.0 Å². The second kappa shape index (κ2) is 6.74. The zero-order valence-electron chi connectivity index (χ0n) is 11.2. The van der Waals surface area contributed by atoms with Gasteiger partial charge in [-0.2, -0.15) is 0 Å². The van der Waals surface area contributed by atoms with Gasteiger partial charge in [-0.3, -0.25) is 4.72 Å². The topological polar surface area (TPSA) is 58.2 Å². The maximum atomic E-state index is 13.6. The number of halogens is 2. The smallest absolute Gasteiger partial charge is 0.271 e. The first-order valence-corrected chi connectivity index (χ1v) is 8.81. The molecule has 0 aliphatic heterocycles. The highest BCUT2D eigenvalue weighted by Crippen LogP contribution is 2.26.